The van der Waals surface area contributed by atoms with Crippen LogP contribution in [0.1, 0.15) is 38.5 Å². The van der Waals surface area contributed by atoms with Crippen molar-refractivity contribution in [3.05, 3.63) is 0 Å². The summed E-state index contributed by atoms with van der Waals surface area (Å²) in [6.45, 7) is 0.190. The fourth-order valence-electron chi connectivity index (χ4n) is 3.18. The van der Waals surface area contributed by atoms with Gasteiger partial charge in [0.25, 0.3) is 0 Å². The van der Waals surface area contributed by atoms with Crippen LogP contribution in [-0.2, 0) is 9.59 Å². The maximum atomic E-state index is 12.6. The Morgan fingerprint density at radius 2 is 1.84 bits per heavy atom. The third kappa shape index (κ3) is 3.06. The lowest BCUT2D eigenvalue weighted by atomic mass is 9.93. The summed E-state index contributed by atoms with van der Waals surface area (Å²) in [5, 5.41) is 9.65. The Hall–Kier alpha value is -1.14. The molecule has 0 aromatic carbocycles. The largest absolute Gasteiger partial charge is 0.391 e. The van der Waals surface area contributed by atoms with Crippen molar-refractivity contribution in [3.8, 4) is 0 Å². The predicted octanol–water partition coefficient (Wildman–Crippen LogP) is -0.659. The van der Waals surface area contributed by atoms with Gasteiger partial charge in [-0.25, -0.2) is 0 Å². The molecular weight excluding hydrogens is 246 g/mol. The summed E-state index contributed by atoms with van der Waals surface area (Å²) >= 11 is 0. The van der Waals surface area contributed by atoms with Crippen LogP contribution in [0.15, 0.2) is 0 Å². The van der Waals surface area contributed by atoms with E-state index >= 15 is 0 Å². The summed E-state index contributed by atoms with van der Waals surface area (Å²) in [6, 6.07) is -0.834. The van der Waals surface area contributed by atoms with E-state index in [2.05, 4.69) is 0 Å². The van der Waals surface area contributed by atoms with Gasteiger partial charge in [0.1, 0.15) is 6.04 Å². The zero-order chi connectivity index (χ0) is 14.0. The number of β-amino-alcohol motifs (C(OH)–C–C–N with tert-alkyl or cyclic N) is 1. The zero-order valence-electron chi connectivity index (χ0n) is 11.1. The van der Waals surface area contributed by atoms with Crippen molar-refractivity contribution in [1.29, 1.82) is 0 Å². The van der Waals surface area contributed by atoms with E-state index in [1.807, 2.05) is 0 Å². The summed E-state index contributed by atoms with van der Waals surface area (Å²) in [5.74, 6) is -0.906. The Kier molecular flexibility index (Phi) is 4.42. The highest BCUT2D eigenvalue weighted by Crippen LogP contribution is 2.27. The topological polar surface area (TPSA) is 110 Å². The van der Waals surface area contributed by atoms with E-state index in [4.69, 9.17) is 11.5 Å². The molecule has 1 heterocycles. The van der Waals surface area contributed by atoms with Gasteiger partial charge in [-0.15, -0.1) is 0 Å². The fourth-order valence-corrected chi connectivity index (χ4v) is 3.18. The second kappa shape index (κ2) is 5.88. The van der Waals surface area contributed by atoms with Crippen LogP contribution in [0.5, 0.6) is 0 Å². The van der Waals surface area contributed by atoms with Gasteiger partial charge in [-0.3, -0.25) is 9.59 Å². The average molecular weight is 269 g/mol. The van der Waals surface area contributed by atoms with E-state index in [1.165, 1.54) is 4.90 Å². The molecule has 1 saturated heterocycles. The molecule has 19 heavy (non-hydrogen) atoms. The van der Waals surface area contributed by atoms with E-state index in [-0.39, 0.29) is 30.8 Å². The van der Waals surface area contributed by atoms with Crippen molar-refractivity contribution in [1.82, 2.24) is 4.90 Å². The summed E-state index contributed by atoms with van der Waals surface area (Å²) in [4.78, 5) is 25.4. The maximum absolute atomic E-state index is 12.6. The molecule has 0 spiro atoms. The highest BCUT2D eigenvalue weighted by atomic mass is 16.3. The lowest BCUT2D eigenvalue weighted by molar-refractivity contribution is -0.141. The van der Waals surface area contributed by atoms with Crippen molar-refractivity contribution in [3.63, 3.8) is 0 Å². The molecule has 6 heteroatoms. The van der Waals surface area contributed by atoms with Crippen LogP contribution in [0.3, 0.4) is 0 Å². The summed E-state index contributed by atoms with van der Waals surface area (Å²) in [6.07, 6.45) is 4.31. The molecule has 0 aromatic rings. The predicted molar refractivity (Wildman–Crippen MR) is 69.9 cm³/mol. The number of amides is 2. The van der Waals surface area contributed by atoms with E-state index in [9.17, 15) is 14.7 Å². The maximum Gasteiger partial charge on any atom is 0.240 e. The molecule has 4 unspecified atom stereocenters. The first-order chi connectivity index (χ1) is 9.00. The molecule has 2 amide bonds. The second-order valence-electron chi connectivity index (χ2n) is 5.71. The van der Waals surface area contributed by atoms with Crippen molar-refractivity contribution >= 4 is 11.8 Å². The van der Waals surface area contributed by atoms with Crippen molar-refractivity contribution in [2.24, 2.45) is 17.4 Å². The molecule has 0 aromatic heterocycles. The molecule has 2 fully saturated rings. The van der Waals surface area contributed by atoms with Gasteiger partial charge in [-0.2, -0.15) is 0 Å². The lowest BCUT2D eigenvalue weighted by Crippen LogP contribution is -2.49. The first-order valence-electron chi connectivity index (χ1n) is 7.04. The Morgan fingerprint density at radius 3 is 2.53 bits per heavy atom. The number of likely N-dealkylation sites (tertiary alicyclic amines) is 1. The molecule has 0 radical (unpaired) electrons. The number of aliphatic hydroxyl groups is 1. The van der Waals surface area contributed by atoms with Crippen LogP contribution in [0, 0.1) is 5.92 Å². The highest BCUT2D eigenvalue weighted by Gasteiger charge is 2.41. The fraction of sp³-hybridized carbons (Fsp3) is 0.846. The molecule has 5 N–H and O–H groups in total. The Bertz CT molecular complexity index is 361. The van der Waals surface area contributed by atoms with Gasteiger partial charge in [-0.05, 0) is 12.8 Å². The molecule has 1 aliphatic carbocycles. The SMILES string of the molecule is NC(=O)C1CC(O)CN1C(=O)C1CCCCCC1N. The van der Waals surface area contributed by atoms with E-state index in [1.54, 1.807) is 0 Å². The van der Waals surface area contributed by atoms with Crippen LogP contribution < -0.4 is 11.5 Å². The minimum absolute atomic E-state index is 0.116. The number of carbonyl (C=O) groups is 2. The highest BCUT2D eigenvalue weighted by molar-refractivity contribution is 5.88. The number of nitrogens with two attached hydrogens (primary N) is 2. The van der Waals surface area contributed by atoms with Gasteiger partial charge in [-0.1, -0.05) is 19.3 Å². The first kappa shape index (κ1) is 14.3. The van der Waals surface area contributed by atoms with Crippen LogP contribution in [0.2, 0.25) is 0 Å². The van der Waals surface area contributed by atoms with E-state index in [0.29, 0.717) is 0 Å². The summed E-state index contributed by atoms with van der Waals surface area (Å²) < 4.78 is 0. The number of nitrogens with zero attached hydrogens (tertiary/aromatic N) is 1. The van der Waals surface area contributed by atoms with Gasteiger partial charge in [0.2, 0.25) is 11.8 Å². The monoisotopic (exact) mass is 269 g/mol. The quantitative estimate of drug-likeness (QED) is 0.578. The van der Waals surface area contributed by atoms with Gasteiger partial charge < -0.3 is 21.5 Å². The second-order valence-corrected chi connectivity index (χ2v) is 5.71. The third-order valence-electron chi connectivity index (χ3n) is 4.28. The van der Waals surface area contributed by atoms with Gasteiger partial charge in [0.05, 0.1) is 12.0 Å². The molecule has 108 valence electrons. The number of rotatable bonds is 2. The molecule has 1 saturated carbocycles. The third-order valence-corrected chi connectivity index (χ3v) is 4.28. The Balaban J connectivity index is 2.10. The molecule has 2 rings (SSSR count). The molecule has 0 bridgehead atoms. The standard InChI is InChI=1S/C13H23N3O3/c14-10-5-3-1-2-4-9(10)13(19)16-7-8(17)6-11(16)12(15)18/h8-11,17H,1-7,14H2,(H2,15,18). The van der Waals surface area contributed by atoms with E-state index < -0.39 is 18.1 Å². The number of carbonyl (C=O) groups excluding carboxylic acids is 2. The van der Waals surface area contributed by atoms with E-state index in [0.717, 1.165) is 32.1 Å². The minimum atomic E-state index is -0.682. The van der Waals surface area contributed by atoms with Crippen molar-refractivity contribution in [2.75, 3.05) is 6.54 Å². The smallest absolute Gasteiger partial charge is 0.240 e. The molecular formula is C13H23N3O3. The molecule has 2 aliphatic rings. The van der Waals surface area contributed by atoms with Crippen LogP contribution in [-0.4, -0.2) is 46.6 Å². The number of aliphatic hydroxyl groups excluding tert-OH is 1. The van der Waals surface area contributed by atoms with Gasteiger partial charge >= 0.3 is 0 Å². The molecule has 6 nitrogen and oxygen atoms in total. The van der Waals surface area contributed by atoms with Crippen LogP contribution in [0.4, 0.5) is 0 Å². The van der Waals surface area contributed by atoms with Gasteiger partial charge in [0.15, 0.2) is 0 Å². The Labute approximate surface area is 113 Å². The normalized spacial score (nSPS) is 36.0. The molecule has 1 aliphatic heterocycles. The summed E-state index contributed by atoms with van der Waals surface area (Å²) in [7, 11) is 0. The van der Waals surface area contributed by atoms with Gasteiger partial charge in [0, 0.05) is 19.0 Å². The first-order valence-corrected chi connectivity index (χ1v) is 7.04. The van der Waals surface area contributed by atoms with Crippen molar-refractivity contribution in [2.45, 2.75) is 56.7 Å². The van der Waals surface area contributed by atoms with Crippen molar-refractivity contribution < 1.29 is 14.7 Å². The molecule has 4 atom stereocenters. The number of hydrogen-bond donors (Lipinski definition) is 3. The number of primary amides is 1. The average Bonchev–Trinajstić information content (AvgIpc) is 2.62. The van der Waals surface area contributed by atoms with Crippen LogP contribution in [0.25, 0.3) is 0 Å². The summed E-state index contributed by atoms with van der Waals surface area (Å²) in [5.41, 5.74) is 11.4. The minimum Gasteiger partial charge on any atom is -0.391 e. The zero-order valence-corrected chi connectivity index (χ0v) is 11.1. The number of hydrogen-bond acceptors (Lipinski definition) is 4. The Morgan fingerprint density at radius 1 is 1.16 bits per heavy atom. The van der Waals surface area contributed by atoms with Crippen LogP contribution >= 0.6 is 0 Å². The lowest BCUT2D eigenvalue weighted by Gasteiger charge is -2.29.